The van der Waals surface area contributed by atoms with Crippen LogP contribution in [0.5, 0.6) is 17.2 Å². The molecule has 1 unspecified atom stereocenters. The van der Waals surface area contributed by atoms with Gasteiger partial charge < -0.3 is 19.5 Å². The van der Waals surface area contributed by atoms with E-state index in [9.17, 15) is 4.79 Å². The first-order valence-electron chi connectivity index (χ1n) is 6.21. The third-order valence-corrected chi connectivity index (χ3v) is 3.04. The van der Waals surface area contributed by atoms with Crippen molar-refractivity contribution in [3.05, 3.63) is 17.7 Å². The molecule has 6 nitrogen and oxygen atoms in total. The predicted octanol–water partition coefficient (Wildman–Crippen LogP) is 1.35. The fourth-order valence-corrected chi connectivity index (χ4v) is 1.61. The SMILES string of the molecule is COc1cc(C(=O)NC(C)N(C)C)cc(OC)c1OC. The summed E-state index contributed by atoms with van der Waals surface area (Å²) in [5.74, 6) is 1.17. The Kier molecular flexibility index (Phi) is 5.64. The van der Waals surface area contributed by atoms with E-state index < -0.39 is 0 Å². The monoisotopic (exact) mass is 282 g/mol. The number of amides is 1. The molecule has 0 saturated heterocycles. The molecule has 1 N–H and O–H groups in total. The van der Waals surface area contributed by atoms with Crippen LogP contribution in [0.2, 0.25) is 0 Å². The summed E-state index contributed by atoms with van der Waals surface area (Å²) in [6.45, 7) is 1.90. The van der Waals surface area contributed by atoms with Crippen molar-refractivity contribution in [3.63, 3.8) is 0 Å². The zero-order valence-corrected chi connectivity index (χ0v) is 12.8. The lowest BCUT2D eigenvalue weighted by atomic mass is 10.1. The van der Waals surface area contributed by atoms with Crippen molar-refractivity contribution in [1.29, 1.82) is 0 Å². The zero-order valence-electron chi connectivity index (χ0n) is 12.8. The first-order valence-corrected chi connectivity index (χ1v) is 6.21. The number of benzene rings is 1. The standard InChI is InChI=1S/C14H22N2O4/c1-9(16(2)3)15-14(17)10-7-11(18-4)13(20-6)12(8-10)19-5/h7-9H,1-6H3,(H,15,17). The maximum absolute atomic E-state index is 12.2. The van der Waals surface area contributed by atoms with Crippen molar-refractivity contribution in [3.8, 4) is 17.2 Å². The highest BCUT2D eigenvalue weighted by Gasteiger charge is 2.18. The van der Waals surface area contributed by atoms with Gasteiger partial charge >= 0.3 is 0 Å². The molecule has 0 aliphatic heterocycles. The Morgan fingerprint density at radius 2 is 1.60 bits per heavy atom. The van der Waals surface area contributed by atoms with Crippen molar-refractivity contribution in [2.75, 3.05) is 35.4 Å². The van der Waals surface area contributed by atoms with Gasteiger partial charge in [-0.3, -0.25) is 9.69 Å². The van der Waals surface area contributed by atoms with Crippen LogP contribution < -0.4 is 19.5 Å². The van der Waals surface area contributed by atoms with E-state index in [1.807, 2.05) is 25.9 Å². The van der Waals surface area contributed by atoms with E-state index in [-0.39, 0.29) is 12.1 Å². The molecule has 0 spiro atoms. The number of hydrogen-bond acceptors (Lipinski definition) is 5. The van der Waals surface area contributed by atoms with Crippen LogP contribution in [0, 0.1) is 0 Å². The normalized spacial score (nSPS) is 11.9. The molecule has 0 aromatic heterocycles. The maximum atomic E-state index is 12.2. The third kappa shape index (κ3) is 3.54. The summed E-state index contributed by atoms with van der Waals surface area (Å²) in [7, 11) is 8.33. The third-order valence-electron chi connectivity index (χ3n) is 3.04. The van der Waals surface area contributed by atoms with Crippen molar-refractivity contribution in [2.24, 2.45) is 0 Å². The minimum Gasteiger partial charge on any atom is -0.493 e. The van der Waals surface area contributed by atoms with Gasteiger partial charge in [0, 0.05) is 5.56 Å². The minimum atomic E-state index is -0.203. The molecule has 6 heteroatoms. The molecule has 0 heterocycles. The highest BCUT2D eigenvalue weighted by molar-refractivity contribution is 5.95. The Hall–Kier alpha value is -1.95. The fourth-order valence-electron chi connectivity index (χ4n) is 1.61. The Balaban J connectivity index is 3.09. The van der Waals surface area contributed by atoms with E-state index in [0.717, 1.165) is 0 Å². The average molecular weight is 282 g/mol. The van der Waals surface area contributed by atoms with Gasteiger partial charge in [0.15, 0.2) is 11.5 Å². The van der Waals surface area contributed by atoms with Gasteiger partial charge in [-0.25, -0.2) is 0 Å². The number of carbonyl (C=O) groups excluding carboxylic acids is 1. The van der Waals surface area contributed by atoms with Crippen molar-refractivity contribution in [2.45, 2.75) is 13.1 Å². The maximum Gasteiger partial charge on any atom is 0.252 e. The van der Waals surface area contributed by atoms with Gasteiger partial charge in [-0.05, 0) is 33.2 Å². The summed E-state index contributed by atoms with van der Waals surface area (Å²) in [5, 5.41) is 2.87. The molecule has 0 saturated carbocycles. The molecule has 112 valence electrons. The molecule has 1 aromatic rings. The van der Waals surface area contributed by atoms with Crippen LogP contribution in [-0.4, -0.2) is 52.4 Å². The second kappa shape index (κ2) is 7.00. The molecule has 20 heavy (non-hydrogen) atoms. The molecule has 1 amide bonds. The molecule has 0 aliphatic rings. The number of nitrogens with one attached hydrogen (secondary N) is 1. The first kappa shape index (κ1) is 16.1. The molecule has 0 fully saturated rings. The van der Waals surface area contributed by atoms with E-state index in [2.05, 4.69) is 5.32 Å². The van der Waals surface area contributed by atoms with Crippen molar-refractivity contribution in [1.82, 2.24) is 10.2 Å². The van der Waals surface area contributed by atoms with Crippen LogP contribution >= 0.6 is 0 Å². The summed E-state index contributed by atoms with van der Waals surface area (Å²) in [5.41, 5.74) is 0.452. The highest BCUT2D eigenvalue weighted by atomic mass is 16.5. The van der Waals surface area contributed by atoms with E-state index in [0.29, 0.717) is 22.8 Å². The lowest BCUT2D eigenvalue weighted by molar-refractivity contribution is 0.0899. The quantitative estimate of drug-likeness (QED) is 0.798. The fraction of sp³-hybridized carbons (Fsp3) is 0.500. The van der Waals surface area contributed by atoms with Crippen LogP contribution in [0.3, 0.4) is 0 Å². The van der Waals surface area contributed by atoms with Gasteiger partial charge in [-0.1, -0.05) is 0 Å². The zero-order chi connectivity index (χ0) is 15.3. The van der Waals surface area contributed by atoms with Gasteiger partial charge in [0.1, 0.15) is 0 Å². The molecule has 0 bridgehead atoms. The number of rotatable bonds is 6. The molecule has 0 radical (unpaired) electrons. The van der Waals surface area contributed by atoms with Gasteiger partial charge in [0.25, 0.3) is 5.91 Å². The van der Waals surface area contributed by atoms with E-state index in [4.69, 9.17) is 14.2 Å². The average Bonchev–Trinajstić information content (AvgIpc) is 2.45. The molecule has 1 rings (SSSR count). The molecule has 1 aromatic carbocycles. The Morgan fingerprint density at radius 3 is 1.95 bits per heavy atom. The number of hydrogen-bond donors (Lipinski definition) is 1. The summed E-state index contributed by atoms with van der Waals surface area (Å²) in [6, 6.07) is 3.25. The van der Waals surface area contributed by atoms with E-state index >= 15 is 0 Å². The summed E-state index contributed by atoms with van der Waals surface area (Å²) < 4.78 is 15.7. The van der Waals surface area contributed by atoms with Gasteiger partial charge in [-0.2, -0.15) is 0 Å². The van der Waals surface area contributed by atoms with Crippen LogP contribution in [0.15, 0.2) is 12.1 Å². The van der Waals surface area contributed by atoms with E-state index in [1.54, 1.807) is 12.1 Å². The Labute approximate surface area is 119 Å². The lowest BCUT2D eigenvalue weighted by Crippen LogP contribution is -2.42. The topological polar surface area (TPSA) is 60.0 Å². The van der Waals surface area contributed by atoms with E-state index in [1.165, 1.54) is 21.3 Å². The van der Waals surface area contributed by atoms with Crippen molar-refractivity contribution < 1.29 is 19.0 Å². The smallest absolute Gasteiger partial charge is 0.252 e. The Morgan fingerprint density at radius 1 is 1.10 bits per heavy atom. The molecule has 1 atom stereocenters. The summed E-state index contributed by atoms with van der Waals surface area (Å²) in [6.07, 6.45) is -0.0819. The molecular formula is C14H22N2O4. The van der Waals surface area contributed by atoms with Crippen LogP contribution in [0.1, 0.15) is 17.3 Å². The Bertz CT molecular complexity index is 449. The summed E-state index contributed by atoms with van der Waals surface area (Å²) in [4.78, 5) is 14.1. The van der Waals surface area contributed by atoms with Crippen LogP contribution in [0.4, 0.5) is 0 Å². The van der Waals surface area contributed by atoms with Gasteiger partial charge in [0.2, 0.25) is 5.75 Å². The number of methoxy groups -OCH3 is 3. The molecule has 0 aliphatic carbocycles. The minimum absolute atomic E-state index is 0.0819. The molecular weight excluding hydrogens is 260 g/mol. The number of ether oxygens (including phenoxy) is 3. The predicted molar refractivity (Wildman–Crippen MR) is 76.7 cm³/mol. The van der Waals surface area contributed by atoms with Gasteiger partial charge in [-0.15, -0.1) is 0 Å². The first-order chi connectivity index (χ1) is 9.44. The van der Waals surface area contributed by atoms with Crippen molar-refractivity contribution >= 4 is 5.91 Å². The largest absolute Gasteiger partial charge is 0.493 e. The number of nitrogens with zero attached hydrogens (tertiary/aromatic N) is 1. The second-order valence-electron chi connectivity index (χ2n) is 4.53. The second-order valence-corrected chi connectivity index (χ2v) is 4.53. The highest BCUT2D eigenvalue weighted by Crippen LogP contribution is 2.38. The van der Waals surface area contributed by atoms with Gasteiger partial charge in [0.05, 0.1) is 27.5 Å². The summed E-state index contributed by atoms with van der Waals surface area (Å²) >= 11 is 0. The van der Waals surface area contributed by atoms with Crippen LogP contribution in [-0.2, 0) is 0 Å². The van der Waals surface area contributed by atoms with Crippen LogP contribution in [0.25, 0.3) is 0 Å². The lowest BCUT2D eigenvalue weighted by Gasteiger charge is -2.21. The number of carbonyl (C=O) groups is 1.